The van der Waals surface area contributed by atoms with E-state index in [-0.39, 0.29) is 4.90 Å². The molecule has 3 aromatic rings. The molecule has 0 fully saturated rings. The fourth-order valence-electron chi connectivity index (χ4n) is 2.56. The summed E-state index contributed by atoms with van der Waals surface area (Å²) in [7, 11) is -3.63. The second-order valence-electron chi connectivity index (χ2n) is 5.53. The van der Waals surface area contributed by atoms with Crippen molar-refractivity contribution in [2.75, 3.05) is 4.72 Å². The number of anilines is 1. The standard InChI is InChI=1S/C18H16BrNO2S/c1-12-9-13(2)18(11-17(12)19)23(21,22)20-16-8-7-14-5-3-4-6-15(14)10-16/h3-11,20H,1-2H3. The monoisotopic (exact) mass is 389 g/mol. The number of sulfonamides is 1. The van der Waals surface area contributed by atoms with Crippen molar-refractivity contribution in [2.45, 2.75) is 18.7 Å². The summed E-state index contributed by atoms with van der Waals surface area (Å²) in [5.74, 6) is 0. The van der Waals surface area contributed by atoms with Crippen LogP contribution in [0.1, 0.15) is 11.1 Å². The third-order valence-corrected chi connectivity index (χ3v) is 6.13. The van der Waals surface area contributed by atoms with E-state index in [0.29, 0.717) is 5.69 Å². The van der Waals surface area contributed by atoms with Crippen molar-refractivity contribution in [1.29, 1.82) is 0 Å². The maximum atomic E-state index is 12.7. The van der Waals surface area contributed by atoms with Crippen LogP contribution >= 0.6 is 15.9 Å². The minimum Gasteiger partial charge on any atom is -0.280 e. The van der Waals surface area contributed by atoms with Crippen LogP contribution in [0.15, 0.2) is 64.0 Å². The molecule has 0 unspecified atom stereocenters. The molecule has 0 saturated heterocycles. The lowest BCUT2D eigenvalue weighted by Crippen LogP contribution is -2.14. The van der Waals surface area contributed by atoms with Crippen molar-refractivity contribution >= 4 is 42.4 Å². The third kappa shape index (κ3) is 3.26. The first-order chi connectivity index (χ1) is 10.9. The summed E-state index contributed by atoms with van der Waals surface area (Å²) in [5.41, 5.74) is 2.28. The first-order valence-corrected chi connectivity index (χ1v) is 9.43. The minimum atomic E-state index is -3.63. The molecular formula is C18H16BrNO2S. The van der Waals surface area contributed by atoms with Gasteiger partial charge in [-0.2, -0.15) is 0 Å². The molecule has 23 heavy (non-hydrogen) atoms. The van der Waals surface area contributed by atoms with Gasteiger partial charge >= 0.3 is 0 Å². The summed E-state index contributed by atoms with van der Waals surface area (Å²) in [5, 5.41) is 2.07. The molecule has 0 atom stereocenters. The van der Waals surface area contributed by atoms with Crippen LogP contribution < -0.4 is 4.72 Å². The van der Waals surface area contributed by atoms with E-state index in [1.54, 1.807) is 19.1 Å². The number of rotatable bonds is 3. The lowest BCUT2D eigenvalue weighted by molar-refractivity contribution is 0.600. The molecule has 0 saturated carbocycles. The van der Waals surface area contributed by atoms with Gasteiger partial charge in [-0.15, -0.1) is 0 Å². The predicted octanol–water partition coefficient (Wildman–Crippen LogP) is 5.02. The van der Waals surface area contributed by atoms with Gasteiger partial charge in [0.2, 0.25) is 0 Å². The van der Waals surface area contributed by atoms with Gasteiger partial charge in [0.1, 0.15) is 0 Å². The SMILES string of the molecule is Cc1cc(C)c(S(=O)(=O)Nc2ccc3ccccc3c2)cc1Br. The van der Waals surface area contributed by atoms with E-state index in [2.05, 4.69) is 20.7 Å². The quantitative estimate of drug-likeness (QED) is 0.683. The van der Waals surface area contributed by atoms with Crippen molar-refractivity contribution in [3.63, 3.8) is 0 Å². The van der Waals surface area contributed by atoms with Crippen LogP contribution in [-0.4, -0.2) is 8.42 Å². The first-order valence-electron chi connectivity index (χ1n) is 7.15. The molecule has 0 spiro atoms. The zero-order valence-electron chi connectivity index (χ0n) is 12.8. The fraction of sp³-hybridized carbons (Fsp3) is 0.111. The Morgan fingerprint density at radius 3 is 2.30 bits per heavy atom. The molecule has 3 nitrogen and oxygen atoms in total. The Hall–Kier alpha value is -1.85. The van der Waals surface area contributed by atoms with E-state index in [1.807, 2.05) is 49.4 Å². The van der Waals surface area contributed by atoms with E-state index >= 15 is 0 Å². The Morgan fingerprint density at radius 2 is 1.57 bits per heavy atom. The van der Waals surface area contributed by atoms with E-state index in [9.17, 15) is 8.42 Å². The second-order valence-corrected chi connectivity index (χ2v) is 8.04. The highest BCUT2D eigenvalue weighted by Crippen LogP contribution is 2.27. The van der Waals surface area contributed by atoms with Gasteiger partial charge in [0.25, 0.3) is 10.0 Å². The normalized spacial score (nSPS) is 11.6. The third-order valence-electron chi connectivity index (χ3n) is 3.75. The molecule has 0 aliphatic heterocycles. The molecule has 118 valence electrons. The van der Waals surface area contributed by atoms with Crippen LogP contribution in [0.4, 0.5) is 5.69 Å². The molecule has 5 heteroatoms. The zero-order valence-corrected chi connectivity index (χ0v) is 15.2. The number of halogens is 1. The highest BCUT2D eigenvalue weighted by atomic mass is 79.9. The summed E-state index contributed by atoms with van der Waals surface area (Å²) < 4.78 is 28.8. The molecule has 0 amide bonds. The Morgan fingerprint density at radius 1 is 0.870 bits per heavy atom. The summed E-state index contributed by atoms with van der Waals surface area (Å²) in [6.07, 6.45) is 0. The van der Waals surface area contributed by atoms with Crippen LogP contribution in [0.2, 0.25) is 0 Å². The van der Waals surface area contributed by atoms with Crippen LogP contribution in [0.25, 0.3) is 10.8 Å². The predicted molar refractivity (Wildman–Crippen MR) is 98.4 cm³/mol. The van der Waals surface area contributed by atoms with E-state index < -0.39 is 10.0 Å². The van der Waals surface area contributed by atoms with Crippen molar-refractivity contribution in [3.8, 4) is 0 Å². The molecule has 0 heterocycles. The van der Waals surface area contributed by atoms with Crippen LogP contribution in [0.3, 0.4) is 0 Å². The van der Waals surface area contributed by atoms with Gasteiger partial charge in [-0.1, -0.05) is 52.3 Å². The topological polar surface area (TPSA) is 46.2 Å². The van der Waals surface area contributed by atoms with Gasteiger partial charge in [0, 0.05) is 10.2 Å². The average molecular weight is 390 g/mol. The first kappa shape index (κ1) is 16.0. The van der Waals surface area contributed by atoms with Crippen LogP contribution in [-0.2, 0) is 10.0 Å². The molecular weight excluding hydrogens is 374 g/mol. The maximum absolute atomic E-state index is 12.7. The zero-order chi connectivity index (χ0) is 16.6. The van der Waals surface area contributed by atoms with Crippen molar-refractivity contribution in [1.82, 2.24) is 0 Å². The number of benzene rings is 3. The van der Waals surface area contributed by atoms with Crippen molar-refractivity contribution in [2.24, 2.45) is 0 Å². The summed E-state index contributed by atoms with van der Waals surface area (Å²) in [6, 6.07) is 16.9. The summed E-state index contributed by atoms with van der Waals surface area (Å²) in [4.78, 5) is 0.281. The van der Waals surface area contributed by atoms with E-state index in [0.717, 1.165) is 26.4 Å². The number of fused-ring (bicyclic) bond motifs is 1. The average Bonchev–Trinajstić information content (AvgIpc) is 2.50. The smallest absolute Gasteiger partial charge is 0.262 e. The molecule has 3 rings (SSSR count). The van der Waals surface area contributed by atoms with Crippen LogP contribution in [0, 0.1) is 13.8 Å². The van der Waals surface area contributed by atoms with Gasteiger partial charge in [0.05, 0.1) is 4.90 Å². The van der Waals surface area contributed by atoms with Crippen molar-refractivity contribution in [3.05, 3.63) is 70.2 Å². The highest BCUT2D eigenvalue weighted by Gasteiger charge is 2.18. The van der Waals surface area contributed by atoms with Gasteiger partial charge in [0.15, 0.2) is 0 Å². The Labute approximate surface area is 144 Å². The van der Waals surface area contributed by atoms with E-state index in [4.69, 9.17) is 0 Å². The molecule has 1 N–H and O–H groups in total. The highest BCUT2D eigenvalue weighted by molar-refractivity contribution is 9.10. The largest absolute Gasteiger partial charge is 0.280 e. The van der Waals surface area contributed by atoms with Gasteiger partial charge in [-0.05, 0) is 53.9 Å². The van der Waals surface area contributed by atoms with Crippen LogP contribution in [0.5, 0.6) is 0 Å². The lowest BCUT2D eigenvalue weighted by Gasteiger charge is -2.12. The summed E-state index contributed by atoms with van der Waals surface area (Å²) in [6.45, 7) is 3.73. The molecule has 3 aromatic carbocycles. The number of hydrogen-bond donors (Lipinski definition) is 1. The number of aryl methyl sites for hydroxylation is 2. The van der Waals surface area contributed by atoms with Crippen molar-refractivity contribution < 1.29 is 8.42 Å². The molecule has 0 bridgehead atoms. The van der Waals surface area contributed by atoms with Gasteiger partial charge in [-0.25, -0.2) is 8.42 Å². The van der Waals surface area contributed by atoms with E-state index in [1.165, 1.54) is 0 Å². The molecule has 0 aliphatic rings. The summed E-state index contributed by atoms with van der Waals surface area (Å²) >= 11 is 3.40. The van der Waals surface area contributed by atoms with Gasteiger partial charge < -0.3 is 0 Å². The molecule has 0 radical (unpaired) electrons. The second kappa shape index (κ2) is 5.98. The Balaban J connectivity index is 2.01. The maximum Gasteiger partial charge on any atom is 0.262 e. The minimum absolute atomic E-state index is 0.281. The fourth-order valence-corrected chi connectivity index (χ4v) is 4.36. The molecule has 0 aliphatic carbocycles. The number of hydrogen-bond acceptors (Lipinski definition) is 2. The Kier molecular flexibility index (Phi) is 4.17. The lowest BCUT2D eigenvalue weighted by atomic mass is 10.1. The number of nitrogens with one attached hydrogen (secondary N) is 1. The Bertz CT molecular complexity index is 997. The van der Waals surface area contributed by atoms with Gasteiger partial charge in [-0.3, -0.25) is 4.72 Å². The molecule has 0 aromatic heterocycles.